The largest absolute Gasteiger partial charge is 0.354 e. The Labute approximate surface area is 95.6 Å². The van der Waals surface area contributed by atoms with E-state index < -0.39 is 0 Å². The first-order valence-electron chi connectivity index (χ1n) is 5.31. The molecule has 0 radical (unpaired) electrons. The molecule has 0 spiro atoms. The predicted molar refractivity (Wildman–Crippen MR) is 61.9 cm³/mol. The van der Waals surface area contributed by atoms with Crippen LogP contribution < -0.4 is 5.32 Å². The number of nitrogens with one attached hydrogen (secondary N) is 1. The minimum Gasteiger partial charge on any atom is -0.354 e. The van der Waals surface area contributed by atoms with Gasteiger partial charge in [0.25, 0.3) is 0 Å². The molecule has 2 unspecified atom stereocenters. The molecule has 2 rings (SSSR count). The van der Waals surface area contributed by atoms with E-state index in [2.05, 4.69) is 25.2 Å². The maximum atomic E-state index is 5.95. The summed E-state index contributed by atoms with van der Waals surface area (Å²) in [7, 11) is 0. The van der Waals surface area contributed by atoms with Crippen LogP contribution in [-0.2, 0) is 4.74 Å². The van der Waals surface area contributed by atoms with E-state index in [1.54, 1.807) is 0 Å². The Morgan fingerprint density at radius 1 is 1.47 bits per heavy atom. The quantitative estimate of drug-likeness (QED) is 0.836. The maximum Gasteiger partial charge on any atom is 0.111 e. The van der Waals surface area contributed by atoms with Crippen LogP contribution in [0, 0.1) is 5.92 Å². The number of halogens is 1. The van der Waals surface area contributed by atoms with Crippen molar-refractivity contribution >= 4 is 11.6 Å². The van der Waals surface area contributed by atoms with Gasteiger partial charge in [-0.1, -0.05) is 37.6 Å². The molecule has 2 nitrogen and oxygen atoms in total. The van der Waals surface area contributed by atoms with Gasteiger partial charge in [0.1, 0.15) is 6.23 Å². The third kappa shape index (κ3) is 2.51. The number of benzene rings is 1. The molecule has 0 saturated carbocycles. The lowest BCUT2D eigenvalue weighted by Gasteiger charge is -2.15. The summed E-state index contributed by atoms with van der Waals surface area (Å²) in [4.78, 5) is 0. The van der Waals surface area contributed by atoms with Crippen LogP contribution in [0.1, 0.15) is 25.5 Å². The molecule has 1 N–H and O–H groups in total. The molecule has 1 aliphatic rings. The van der Waals surface area contributed by atoms with E-state index in [4.69, 9.17) is 16.3 Å². The Morgan fingerprint density at radius 3 is 2.87 bits per heavy atom. The Balaban J connectivity index is 2.08. The molecule has 0 aromatic heterocycles. The summed E-state index contributed by atoms with van der Waals surface area (Å²) < 4.78 is 5.89. The molecule has 0 bridgehead atoms. The average Bonchev–Trinajstić information content (AvgIpc) is 2.66. The second kappa shape index (κ2) is 4.52. The zero-order valence-corrected chi connectivity index (χ0v) is 9.79. The summed E-state index contributed by atoms with van der Waals surface area (Å²) in [5, 5.41) is 4.13. The standard InChI is InChI=1S/C12H16ClNO/c1-8(2)12-14-7-11(15-12)9-4-3-5-10(13)6-9/h3-6,8,11-12,14H,7H2,1-2H3. The zero-order valence-electron chi connectivity index (χ0n) is 9.03. The predicted octanol–water partition coefficient (Wildman–Crippen LogP) is 2.98. The molecular weight excluding hydrogens is 210 g/mol. The van der Waals surface area contributed by atoms with E-state index in [-0.39, 0.29) is 12.3 Å². The van der Waals surface area contributed by atoms with Crippen LogP contribution in [0.25, 0.3) is 0 Å². The average molecular weight is 226 g/mol. The fourth-order valence-corrected chi connectivity index (χ4v) is 1.99. The summed E-state index contributed by atoms with van der Waals surface area (Å²) in [5.41, 5.74) is 1.15. The normalized spacial score (nSPS) is 26.1. The SMILES string of the molecule is CC(C)C1NCC(c2cccc(Cl)c2)O1. The fourth-order valence-electron chi connectivity index (χ4n) is 1.79. The van der Waals surface area contributed by atoms with Gasteiger partial charge in [-0.15, -0.1) is 0 Å². The molecule has 1 heterocycles. The molecule has 0 aliphatic carbocycles. The molecule has 1 aromatic rings. The van der Waals surface area contributed by atoms with Crippen molar-refractivity contribution in [2.45, 2.75) is 26.2 Å². The van der Waals surface area contributed by atoms with E-state index in [1.165, 1.54) is 0 Å². The minimum atomic E-state index is 0.135. The second-order valence-electron chi connectivity index (χ2n) is 4.25. The van der Waals surface area contributed by atoms with E-state index in [0.29, 0.717) is 5.92 Å². The van der Waals surface area contributed by atoms with Gasteiger partial charge in [-0.05, 0) is 23.6 Å². The Kier molecular flexibility index (Phi) is 3.29. The van der Waals surface area contributed by atoms with Gasteiger partial charge < -0.3 is 4.74 Å². The number of hydrogen-bond acceptors (Lipinski definition) is 2. The number of rotatable bonds is 2. The van der Waals surface area contributed by atoms with Gasteiger partial charge in [0, 0.05) is 11.6 Å². The highest BCUT2D eigenvalue weighted by Crippen LogP contribution is 2.27. The lowest BCUT2D eigenvalue weighted by molar-refractivity contribution is 0.0136. The molecule has 82 valence electrons. The van der Waals surface area contributed by atoms with Crippen molar-refractivity contribution in [3.8, 4) is 0 Å². The highest BCUT2D eigenvalue weighted by atomic mass is 35.5. The molecule has 1 saturated heterocycles. The van der Waals surface area contributed by atoms with Gasteiger partial charge >= 0.3 is 0 Å². The molecule has 1 fully saturated rings. The fraction of sp³-hybridized carbons (Fsp3) is 0.500. The van der Waals surface area contributed by atoms with Gasteiger partial charge in [-0.2, -0.15) is 0 Å². The number of ether oxygens (including phenoxy) is 1. The molecule has 1 aliphatic heterocycles. The van der Waals surface area contributed by atoms with Crippen molar-refractivity contribution in [1.29, 1.82) is 0 Å². The summed E-state index contributed by atoms with van der Waals surface area (Å²) >= 11 is 5.95. The lowest BCUT2D eigenvalue weighted by Crippen LogP contribution is -2.27. The van der Waals surface area contributed by atoms with Gasteiger partial charge in [0.15, 0.2) is 0 Å². The molecule has 2 atom stereocenters. The van der Waals surface area contributed by atoms with Crippen molar-refractivity contribution in [3.05, 3.63) is 34.9 Å². The maximum absolute atomic E-state index is 5.95. The highest BCUT2D eigenvalue weighted by molar-refractivity contribution is 6.30. The monoisotopic (exact) mass is 225 g/mol. The van der Waals surface area contributed by atoms with Crippen LogP contribution in [0.5, 0.6) is 0 Å². The van der Waals surface area contributed by atoms with Crippen molar-refractivity contribution < 1.29 is 4.74 Å². The van der Waals surface area contributed by atoms with E-state index in [0.717, 1.165) is 17.1 Å². The Hall–Kier alpha value is -0.570. The molecule has 3 heteroatoms. The smallest absolute Gasteiger partial charge is 0.111 e. The summed E-state index contributed by atoms with van der Waals surface area (Å²) in [5.74, 6) is 0.495. The zero-order chi connectivity index (χ0) is 10.8. The topological polar surface area (TPSA) is 21.3 Å². The third-order valence-electron chi connectivity index (χ3n) is 2.64. The van der Waals surface area contributed by atoms with Crippen molar-refractivity contribution in [2.75, 3.05) is 6.54 Å². The first-order valence-corrected chi connectivity index (χ1v) is 5.69. The Morgan fingerprint density at radius 2 is 2.27 bits per heavy atom. The molecular formula is C12H16ClNO. The first kappa shape index (κ1) is 10.9. The minimum absolute atomic E-state index is 0.135. The number of hydrogen-bond donors (Lipinski definition) is 1. The first-order chi connectivity index (χ1) is 7.16. The van der Waals surface area contributed by atoms with Gasteiger partial charge in [0.2, 0.25) is 0 Å². The summed E-state index contributed by atoms with van der Waals surface area (Å²) in [6, 6.07) is 7.87. The molecule has 0 amide bonds. The van der Waals surface area contributed by atoms with Gasteiger partial charge in [-0.25, -0.2) is 0 Å². The third-order valence-corrected chi connectivity index (χ3v) is 2.88. The van der Waals surface area contributed by atoms with Crippen LogP contribution in [-0.4, -0.2) is 12.8 Å². The van der Waals surface area contributed by atoms with E-state index >= 15 is 0 Å². The van der Waals surface area contributed by atoms with Crippen LogP contribution in [0.2, 0.25) is 5.02 Å². The Bertz CT molecular complexity index is 340. The van der Waals surface area contributed by atoms with Crippen LogP contribution in [0.3, 0.4) is 0 Å². The van der Waals surface area contributed by atoms with E-state index in [1.807, 2.05) is 18.2 Å². The van der Waals surface area contributed by atoms with Crippen LogP contribution in [0.4, 0.5) is 0 Å². The van der Waals surface area contributed by atoms with Crippen molar-refractivity contribution in [2.24, 2.45) is 5.92 Å². The lowest BCUT2D eigenvalue weighted by atomic mass is 10.1. The highest BCUT2D eigenvalue weighted by Gasteiger charge is 2.27. The summed E-state index contributed by atoms with van der Waals surface area (Å²) in [6.45, 7) is 5.17. The second-order valence-corrected chi connectivity index (χ2v) is 4.69. The van der Waals surface area contributed by atoms with Gasteiger partial charge in [-0.3, -0.25) is 5.32 Å². The van der Waals surface area contributed by atoms with Crippen molar-refractivity contribution in [1.82, 2.24) is 5.32 Å². The van der Waals surface area contributed by atoms with Crippen LogP contribution in [0.15, 0.2) is 24.3 Å². The summed E-state index contributed by atoms with van der Waals surface area (Å²) in [6.07, 6.45) is 0.296. The van der Waals surface area contributed by atoms with Gasteiger partial charge in [0.05, 0.1) is 6.10 Å². The van der Waals surface area contributed by atoms with Crippen LogP contribution >= 0.6 is 11.6 Å². The molecule has 15 heavy (non-hydrogen) atoms. The molecule has 1 aromatic carbocycles. The van der Waals surface area contributed by atoms with Crippen molar-refractivity contribution in [3.63, 3.8) is 0 Å². The van der Waals surface area contributed by atoms with E-state index in [9.17, 15) is 0 Å².